The van der Waals surface area contributed by atoms with Crippen molar-refractivity contribution in [2.24, 2.45) is 7.05 Å². The molecule has 1 fully saturated rings. The number of carbonyl (C=O) groups is 1. The molecule has 1 aliphatic rings. The molecule has 4 rings (SSSR count). The quantitative estimate of drug-likeness (QED) is 0.741. The predicted molar refractivity (Wildman–Crippen MR) is 99.3 cm³/mol. The van der Waals surface area contributed by atoms with Crippen molar-refractivity contribution in [1.82, 2.24) is 24.4 Å². The van der Waals surface area contributed by atoms with Crippen LogP contribution in [0.4, 0.5) is 4.39 Å². The third-order valence-corrected chi connectivity index (χ3v) is 4.84. The smallest absolute Gasteiger partial charge is 0.245 e. The van der Waals surface area contributed by atoms with Gasteiger partial charge >= 0.3 is 0 Å². The van der Waals surface area contributed by atoms with Crippen LogP contribution in [0.15, 0.2) is 24.5 Å². The molecule has 9 heteroatoms. The van der Waals surface area contributed by atoms with Crippen LogP contribution >= 0.6 is 0 Å². The van der Waals surface area contributed by atoms with Crippen LogP contribution in [0, 0.1) is 5.82 Å². The zero-order valence-electron chi connectivity index (χ0n) is 15.6. The zero-order chi connectivity index (χ0) is 19.8. The van der Waals surface area contributed by atoms with E-state index in [0.717, 1.165) is 6.07 Å². The minimum Gasteiger partial charge on any atom is -0.508 e. The number of carbonyl (C=O) groups excluding carboxylic acids is 1. The largest absolute Gasteiger partial charge is 0.508 e. The Bertz CT molecular complexity index is 1030. The number of fused-ring (bicyclic) bond motifs is 1. The second-order valence-corrected chi connectivity index (χ2v) is 6.77. The monoisotopic (exact) mass is 385 g/mol. The van der Waals surface area contributed by atoms with Crippen LogP contribution in [0.2, 0.25) is 0 Å². The van der Waals surface area contributed by atoms with E-state index in [1.54, 1.807) is 16.5 Å². The summed E-state index contributed by atoms with van der Waals surface area (Å²) in [5.74, 6) is 0.116. The van der Waals surface area contributed by atoms with Crippen LogP contribution in [0.25, 0.3) is 22.6 Å². The number of benzene rings is 1. The molecule has 146 valence electrons. The number of hydrogen-bond donors (Lipinski definition) is 1. The van der Waals surface area contributed by atoms with Crippen LogP contribution in [0.1, 0.15) is 19.8 Å². The number of aromatic nitrogens is 4. The van der Waals surface area contributed by atoms with Crippen molar-refractivity contribution in [1.29, 1.82) is 0 Å². The number of phenolic OH excluding ortho intramolecular Hbond substituents is 1. The first-order valence-corrected chi connectivity index (χ1v) is 9.08. The summed E-state index contributed by atoms with van der Waals surface area (Å²) in [7, 11) is 1.75. The summed E-state index contributed by atoms with van der Waals surface area (Å²) in [6.07, 6.45) is 2.40. The lowest BCUT2D eigenvalue weighted by molar-refractivity contribution is -0.130. The number of likely N-dealkylation sites (tertiary alicyclic amines) is 1. The van der Waals surface area contributed by atoms with Gasteiger partial charge in [0, 0.05) is 38.1 Å². The molecule has 0 saturated carbocycles. The number of nitrogens with zero attached hydrogens (tertiary/aromatic N) is 5. The number of aromatic hydroxyl groups is 1. The molecule has 1 unspecified atom stereocenters. The molecule has 2 aromatic heterocycles. The average molecular weight is 385 g/mol. The Balaban J connectivity index is 1.67. The van der Waals surface area contributed by atoms with Crippen molar-refractivity contribution >= 4 is 17.1 Å². The van der Waals surface area contributed by atoms with Gasteiger partial charge in [-0.25, -0.2) is 14.4 Å². The topological polar surface area (TPSA) is 93.4 Å². The summed E-state index contributed by atoms with van der Waals surface area (Å²) in [4.78, 5) is 26.6. The van der Waals surface area contributed by atoms with Gasteiger partial charge in [0.2, 0.25) is 11.8 Å². The van der Waals surface area contributed by atoms with Crippen molar-refractivity contribution < 1.29 is 19.0 Å². The molecule has 1 atom stereocenters. The fraction of sp³-hybridized carbons (Fsp3) is 0.368. The van der Waals surface area contributed by atoms with E-state index in [-0.39, 0.29) is 17.8 Å². The Morgan fingerprint density at radius 1 is 1.36 bits per heavy atom. The van der Waals surface area contributed by atoms with Crippen molar-refractivity contribution in [3.63, 3.8) is 0 Å². The van der Waals surface area contributed by atoms with Gasteiger partial charge in [-0.1, -0.05) is 6.92 Å². The molecule has 1 saturated heterocycles. The van der Waals surface area contributed by atoms with Crippen LogP contribution in [0.3, 0.4) is 0 Å². The number of imidazole rings is 1. The van der Waals surface area contributed by atoms with E-state index < -0.39 is 5.82 Å². The summed E-state index contributed by atoms with van der Waals surface area (Å²) >= 11 is 0. The maximum atomic E-state index is 13.7. The summed E-state index contributed by atoms with van der Waals surface area (Å²) in [5, 5.41) is 9.69. The van der Waals surface area contributed by atoms with Gasteiger partial charge in [0.25, 0.3) is 0 Å². The minimum atomic E-state index is -0.559. The van der Waals surface area contributed by atoms with Crippen LogP contribution in [-0.2, 0) is 11.8 Å². The van der Waals surface area contributed by atoms with Gasteiger partial charge in [0.15, 0.2) is 11.2 Å². The highest BCUT2D eigenvalue weighted by molar-refractivity contribution is 5.81. The lowest BCUT2D eigenvalue weighted by atomic mass is 10.2. The molecule has 3 heterocycles. The van der Waals surface area contributed by atoms with Crippen LogP contribution < -0.4 is 4.74 Å². The Labute approximate surface area is 160 Å². The van der Waals surface area contributed by atoms with Crippen LogP contribution in [0.5, 0.6) is 11.6 Å². The van der Waals surface area contributed by atoms with Gasteiger partial charge in [-0.05, 0) is 12.1 Å². The Hall–Kier alpha value is -3.23. The standard InChI is InChI=1S/C19H20FN5O3/c1-3-15(27)25-5-4-14(9-25)28-19-16-18(21-10-22-19)24(2)17(23-16)11-6-12(20)8-13(26)7-11/h6-8,10,14,26H,3-5,9H2,1-2H3. The fourth-order valence-corrected chi connectivity index (χ4v) is 3.46. The molecule has 0 bridgehead atoms. The lowest BCUT2D eigenvalue weighted by Crippen LogP contribution is -2.30. The Kier molecular flexibility index (Phi) is 4.58. The molecule has 0 aliphatic carbocycles. The van der Waals surface area contributed by atoms with E-state index >= 15 is 0 Å². The van der Waals surface area contributed by atoms with Crippen molar-refractivity contribution in [2.45, 2.75) is 25.9 Å². The number of halogens is 1. The van der Waals surface area contributed by atoms with Gasteiger partial charge in [0.05, 0.1) is 6.54 Å². The third kappa shape index (κ3) is 3.23. The van der Waals surface area contributed by atoms with E-state index in [4.69, 9.17) is 4.74 Å². The average Bonchev–Trinajstić information content (AvgIpc) is 3.26. The zero-order valence-corrected chi connectivity index (χ0v) is 15.6. The third-order valence-electron chi connectivity index (χ3n) is 4.84. The maximum absolute atomic E-state index is 13.7. The lowest BCUT2D eigenvalue weighted by Gasteiger charge is -2.16. The first-order valence-electron chi connectivity index (χ1n) is 9.08. The van der Waals surface area contributed by atoms with E-state index in [9.17, 15) is 14.3 Å². The molecule has 0 radical (unpaired) electrons. The number of amides is 1. The highest BCUT2D eigenvalue weighted by Gasteiger charge is 2.28. The van der Waals surface area contributed by atoms with Crippen molar-refractivity contribution in [3.05, 3.63) is 30.3 Å². The molecule has 28 heavy (non-hydrogen) atoms. The number of ether oxygens (including phenoxy) is 1. The summed E-state index contributed by atoms with van der Waals surface area (Å²) in [6.45, 7) is 3.00. The molecule has 3 aromatic rings. The normalized spacial score (nSPS) is 16.7. The summed E-state index contributed by atoms with van der Waals surface area (Å²) < 4.78 is 21.4. The number of phenols is 1. The minimum absolute atomic E-state index is 0.102. The SMILES string of the molecule is CCC(=O)N1CCC(Oc2ncnc3c2nc(-c2cc(O)cc(F)c2)n3C)C1. The number of hydrogen-bond acceptors (Lipinski definition) is 6. The van der Waals surface area contributed by atoms with E-state index in [2.05, 4.69) is 15.0 Å². The van der Waals surface area contributed by atoms with E-state index in [0.29, 0.717) is 54.4 Å². The molecule has 1 amide bonds. The molecule has 1 aromatic carbocycles. The van der Waals surface area contributed by atoms with E-state index in [1.807, 2.05) is 6.92 Å². The second kappa shape index (κ2) is 7.06. The Morgan fingerprint density at radius 2 is 2.18 bits per heavy atom. The summed E-state index contributed by atoms with van der Waals surface area (Å²) in [5.41, 5.74) is 1.40. The van der Waals surface area contributed by atoms with Gasteiger partial charge in [-0.2, -0.15) is 4.98 Å². The molecule has 1 N–H and O–H groups in total. The predicted octanol–water partition coefficient (Wildman–Crippen LogP) is 2.26. The second-order valence-electron chi connectivity index (χ2n) is 6.77. The van der Waals surface area contributed by atoms with Gasteiger partial charge in [0.1, 0.15) is 29.8 Å². The number of aryl methyl sites for hydroxylation is 1. The van der Waals surface area contributed by atoms with Crippen LogP contribution in [-0.4, -0.2) is 54.6 Å². The first kappa shape index (κ1) is 18.1. The Morgan fingerprint density at radius 3 is 2.93 bits per heavy atom. The molecule has 1 aliphatic heterocycles. The first-order chi connectivity index (χ1) is 13.5. The fourth-order valence-electron chi connectivity index (χ4n) is 3.46. The molecular formula is C19H20FN5O3. The van der Waals surface area contributed by atoms with Gasteiger partial charge in [-0.3, -0.25) is 4.79 Å². The number of rotatable bonds is 4. The van der Waals surface area contributed by atoms with E-state index in [1.165, 1.54) is 18.5 Å². The van der Waals surface area contributed by atoms with Crippen molar-refractivity contribution in [3.8, 4) is 23.0 Å². The highest BCUT2D eigenvalue weighted by Crippen LogP contribution is 2.30. The summed E-state index contributed by atoms with van der Waals surface area (Å²) in [6, 6.07) is 3.76. The van der Waals surface area contributed by atoms with Gasteiger partial charge in [-0.15, -0.1) is 0 Å². The molecule has 0 spiro atoms. The highest BCUT2D eigenvalue weighted by atomic mass is 19.1. The van der Waals surface area contributed by atoms with Gasteiger partial charge < -0.3 is 19.3 Å². The van der Waals surface area contributed by atoms with Crippen molar-refractivity contribution in [2.75, 3.05) is 13.1 Å². The molecule has 8 nitrogen and oxygen atoms in total. The molecular weight excluding hydrogens is 365 g/mol. The maximum Gasteiger partial charge on any atom is 0.245 e.